The summed E-state index contributed by atoms with van der Waals surface area (Å²) in [4.78, 5) is 18.1. The van der Waals surface area contributed by atoms with Gasteiger partial charge < -0.3 is 20.3 Å². The predicted molar refractivity (Wildman–Crippen MR) is 134 cm³/mol. The Morgan fingerprint density at radius 1 is 1.15 bits per heavy atom. The van der Waals surface area contributed by atoms with Crippen LogP contribution in [0.4, 0.5) is 16.0 Å². The van der Waals surface area contributed by atoms with Gasteiger partial charge >= 0.3 is 0 Å². The molecule has 0 bridgehead atoms. The highest BCUT2D eigenvalue weighted by molar-refractivity contribution is 6.31. The lowest BCUT2D eigenvalue weighted by Crippen LogP contribution is -2.47. The van der Waals surface area contributed by atoms with Crippen molar-refractivity contribution in [1.29, 1.82) is 5.41 Å². The third-order valence-corrected chi connectivity index (χ3v) is 6.50. The number of aromatic hydroxyl groups is 1. The first-order chi connectivity index (χ1) is 16.3. The second-order valence-corrected chi connectivity index (χ2v) is 9.00. The Morgan fingerprint density at radius 2 is 1.85 bits per heavy atom. The Morgan fingerprint density at radius 3 is 2.50 bits per heavy atom. The van der Waals surface area contributed by atoms with Crippen LogP contribution in [0.2, 0.25) is 5.02 Å². The summed E-state index contributed by atoms with van der Waals surface area (Å²) in [6.45, 7) is 8.83. The molecule has 7 nitrogen and oxygen atoms in total. The molecule has 34 heavy (non-hydrogen) atoms. The van der Waals surface area contributed by atoms with E-state index >= 15 is 0 Å². The number of nitrogens with zero attached hydrogens (tertiary/aromatic N) is 5. The molecule has 1 aliphatic heterocycles. The van der Waals surface area contributed by atoms with E-state index in [9.17, 15) is 9.50 Å². The van der Waals surface area contributed by atoms with Crippen LogP contribution in [0.1, 0.15) is 31.7 Å². The zero-order valence-electron chi connectivity index (χ0n) is 19.5. The van der Waals surface area contributed by atoms with Crippen LogP contribution in [-0.2, 0) is 0 Å². The maximum atomic E-state index is 13.7. The summed E-state index contributed by atoms with van der Waals surface area (Å²) in [6.07, 6.45) is 2.27. The van der Waals surface area contributed by atoms with Crippen LogP contribution in [0.25, 0.3) is 11.3 Å². The van der Waals surface area contributed by atoms with E-state index in [2.05, 4.69) is 19.8 Å². The van der Waals surface area contributed by atoms with Crippen molar-refractivity contribution < 1.29 is 9.50 Å². The molecule has 1 aromatic carbocycles. The average molecular weight is 483 g/mol. The summed E-state index contributed by atoms with van der Waals surface area (Å²) in [6, 6.07) is 8.10. The zero-order chi connectivity index (χ0) is 24.4. The average Bonchev–Trinajstić information content (AvgIpc) is 2.84. The van der Waals surface area contributed by atoms with Gasteiger partial charge in [-0.2, -0.15) is 0 Å². The minimum absolute atomic E-state index is 0.0142. The molecule has 0 spiro atoms. The van der Waals surface area contributed by atoms with E-state index in [1.165, 1.54) is 12.3 Å². The second kappa shape index (κ2) is 9.93. The number of rotatable bonds is 6. The number of anilines is 2. The fraction of sp³-hybridized carbons (Fsp3) is 0.360. The number of piperazine rings is 1. The molecule has 0 amide bonds. The van der Waals surface area contributed by atoms with E-state index in [1.807, 2.05) is 26.8 Å². The van der Waals surface area contributed by atoms with Crippen LogP contribution in [0.3, 0.4) is 0 Å². The van der Waals surface area contributed by atoms with E-state index in [-0.39, 0.29) is 16.7 Å². The topological polar surface area (TPSA) is 89.2 Å². The molecule has 1 unspecified atom stereocenters. The molecule has 3 aromatic rings. The van der Waals surface area contributed by atoms with E-state index in [0.717, 1.165) is 36.7 Å². The van der Waals surface area contributed by atoms with Crippen LogP contribution >= 0.6 is 11.6 Å². The highest BCUT2D eigenvalue weighted by Gasteiger charge is 2.23. The van der Waals surface area contributed by atoms with Crippen LogP contribution in [0, 0.1) is 24.1 Å². The normalized spacial score (nSPS) is 14.9. The zero-order valence-corrected chi connectivity index (χ0v) is 20.3. The number of hydrogen-bond acceptors (Lipinski definition) is 7. The number of aryl methyl sites for hydroxylation is 1. The van der Waals surface area contributed by atoms with Crippen molar-refractivity contribution >= 4 is 28.9 Å². The minimum atomic E-state index is -0.485. The van der Waals surface area contributed by atoms with Crippen molar-refractivity contribution in [2.24, 2.45) is 5.92 Å². The number of benzene rings is 1. The van der Waals surface area contributed by atoms with Crippen molar-refractivity contribution in [3.8, 4) is 17.0 Å². The number of pyridine rings is 1. The van der Waals surface area contributed by atoms with Gasteiger partial charge in [0.1, 0.15) is 23.2 Å². The van der Waals surface area contributed by atoms with Crippen molar-refractivity contribution in [1.82, 2.24) is 15.0 Å². The van der Waals surface area contributed by atoms with Crippen LogP contribution < -0.4 is 9.80 Å². The lowest BCUT2D eigenvalue weighted by molar-refractivity contribution is 0.472. The Kier molecular flexibility index (Phi) is 6.97. The number of nitrogens with one attached hydrogen (secondary N) is 1. The first-order valence-corrected chi connectivity index (χ1v) is 11.7. The number of halogens is 2. The highest BCUT2D eigenvalue weighted by Crippen LogP contribution is 2.28. The summed E-state index contributed by atoms with van der Waals surface area (Å²) in [7, 11) is 0. The first-order valence-electron chi connectivity index (χ1n) is 11.4. The van der Waals surface area contributed by atoms with Gasteiger partial charge in [0.2, 0.25) is 0 Å². The molecule has 1 fully saturated rings. The molecule has 1 atom stereocenters. The maximum Gasteiger partial charge on any atom is 0.176 e. The minimum Gasteiger partial charge on any atom is -0.506 e. The molecular weight excluding hydrogens is 455 g/mol. The summed E-state index contributed by atoms with van der Waals surface area (Å²) in [5.41, 5.74) is 2.58. The van der Waals surface area contributed by atoms with Gasteiger partial charge in [-0.25, -0.2) is 19.3 Å². The van der Waals surface area contributed by atoms with Gasteiger partial charge in [-0.15, -0.1) is 0 Å². The van der Waals surface area contributed by atoms with Crippen molar-refractivity contribution in [2.45, 2.75) is 27.2 Å². The van der Waals surface area contributed by atoms with Gasteiger partial charge in [-0.05, 0) is 43.2 Å². The monoisotopic (exact) mass is 482 g/mol. The van der Waals surface area contributed by atoms with Gasteiger partial charge in [0.25, 0.3) is 0 Å². The van der Waals surface area contributed by atoms with E-state index in [4.69, 9.17) is 22.0 Å². The van der Waals surface area contributed by atoms with E-state index in [1.54, 1.807) is 18.2 Å². The Labute approximate surface area is 203 Å². The number of aromatic nitrogens is 3. The maximum absolute atomic E-state index is 13.7. The van der Waals surface area contributed by atoms with Crippen LogP contribution in [-0.4, -0.2) is 51.9 Å². The standard InChI is InChI=1S/C25H28ClFN6O/c1-4-15(2)23(28)24-30-21(17-5-6-20(27)19(26)12-17)13-22(31-24)32-7-9-33(10-8-32)25-16(3)11-18(34)14-29-25/h5-6,11-15,28,34H,4,7-10H2,1-3H3. The van der Waals surface area contributed by atoms with Crippen molar-refractivity contribution in [3.05, 3.63) is 58.8 Å². The van der Waals surface area contributed by atoms with Crippen LogP contribution in [0.5, 0.6) is 5.75 Å². The molecule has 0 saturated carbocycles. The fourth-order valence-electron chi connectivity index (χ4n) is 3.98. The van der Waals surface area contributed by atoms with Crippen LogP contribution in [0.15, 0.2) is 36.5 Å². The SMILES string of the molecule is CCC(C)C(=N)c1nc(-c2ccc(F)c(Cl)c2)cc(N2CCN(c3ncc(O)cc3C)CC2)n1. The molecule has 3 heterocycles. The molecule has 1 saturated heterocycles. The summed E-state index contributed by atoms with van der Waals surface area (Å²) in [5.74, 6) is 1.65. The Balaban J connectivity index is 1.64. The molecule has 4 rings (SSSR count). The third kappa shape index (κ3) is 4.97. The first kappa shape index (κ1) is 23.9. The Hall–Kier alpha value is -3.26. The highest BCUT2D eigenvalue weighted by atomic mass is 35.5. The lowest BCUT2D eigenvalue weighted by atomic mass is 10.0. The largest absolute Gasteiger partial charge is 0.506 e. The summed E-state index contributed by atoms with van der Waals surface area (Å²) < 4.78 is 13.7. The van der Waals surface area contributed by atoms with Crippen molar-refractivity contribution in [2.75, 3.05) is 36.0 Å². The predicted octanol–water partition coefficient (Wildman–Crippen LogP) is 5.09. The van der Waals surface area contributed by atoms with E-state index < -0.39 is 5.82 Å². The van der Waals surface area contributed by atoms with Gasteiger partial charge in [0, 0.05) is 43.7 Å². The summed E-state index contributed by atoms with van der Waals surface area (Å²) >= 11 is 6.03. The fourth-order valence-corrected chi connectivity index (χ4v) is 4.16. The smallest absolute Gasteiger partial charge is 0.176 e. The van der Waals surface area contributed by atoms with Gasteiger partial charge in [-0.1, -0.05) is 25.4 Å². The van der Waals surface area contributed by atoms with Crippen molar-refractivity contribution in [3.63, 3.8) is 0 Å². The molecule has 178 valence electrons. The molecular formula is C25H28ClFN6O. The number of hydrogen-bond donors (Lipinski definition) is 2. The van der Waals surface area contributed by atoms with Gasteiger partial charge in [0.05, 0.1) is 22.6 Å². The quantitative estimate of drug-likeness (QED) is 0.476. The molecule has 9 heteroatoms. The molecule has 1 aliphatic rings. The lowest BCUT2D eigenvalue weighted by Gasteiger charge is -2.36. The third-order valence-electron chi connectivity index (χ3n) is 6.21. The van der Waals surface area contributed by atoms with Gasteiger partial charge in [0.15, 0.2) is 5.82 Å². The van der Waals surface area contributed by atoms with Gasteiger partial charge in [-0.3, -0.25) is 0 Å². The molecule has 2 aromatic heterocycles. The second-order valence-electron chi connectivity index (χ2n) is 8.59. The molecule has 0 aliphatic carbocycles. The summed E-state index contributed by atoms with van der Waals surface area (Å²) in [5, 5.41) is 18.3. The molecule has 2 N–H and O–H groups in total. The molecule has 0 radical (unpaired) electrons. The van der Waals surface area contributed by atoms with E-state index in [0.29, 0.717) is 35.9 Å². The Bertz CT molecular complexity index is 1210.